The van der Waals surface area contributed by atoms with Gasteiger partial charge in [0.1, 0.15) is 45.4 Å². The normalized spacial score (nSPS) is 15.0. The standard InChI is InChI=1S/C27H25N7O.3C27H20N6O/c35-27-20-2-1-3-23-24(20)32-26(31-23)25-21-11-16(4-9-22(21)33-34-25)17-10-15(12-28-14-17)13-29-18-5-7-19(30-27)8-6-18;1-4-16-5-3-11-34-19-13-18(14-28-15-19)21-9-10-23-25(29-21)26(33-32-23)27-30-22-8-2-7-20(24(22)31-27)17(6-1)12-16;1-4-16-5-3-9-34-20-11-18(13-28-15-20)19-12-22-25(32-33-26(22)29-14-19)27-30-23-8-2-7-21(24(23)31-27)17(6-1)10-16;1-4-16-5-3-9-34-19-11-18(13-28-14-19)23-12-21-24(15-29-23)32-33-26(21)27-30-22-8-2-7-20(25(22)31-27)17(6-1)10-16/h1-4,9-12,14,18-19,29H,5-8,13H2,(H,30,35)(H,31,32)(H,33,34);1-2,4,6-10,12-15H,3,5,11H2,(H,30,31)(H,32,33);1-2,4,6-8,10-15H,3,5,9H2,(H,30,31)(H,29,32,33);1-2,4,6-8,10-15H,3,5,9H2,(H,30,31)(H,32,33). The predicted molar refractivity (Wildman–Crippen MR) is 529 cm³/mol. The van der Waals surface area contributed by atoms with Crippen LogP contribution in [0.1, 0.15) is 77.6 Å². The van der Waals surface area contributed by atoms with Gasteiger partial charge in [-0.05, 0) is 200 Å². The van der Waals surface area contributed by atoms with E-state index in [0.717, 1.165) is 277 Å². The highest BCUT2D eigenvalue weighted by Gasteiger charge is 2.28. The number of aryl methyl sites for hydroxylation is 3. The highest BCUT2D eigenvalue weighted by atomic mass is 16.5. The fraction of sp³-hybridized carbons (Fsp3) is 0.148. The highest BCUT2D eigenvalue weighted by molar-refractivity contribution is 6.07. The molecule has 1 saturated carbocycles. The first-order valence-electron chi connectivity index (χ1n) is 46.2. The molecule has 0 spiro atoms. The smallest absolute Gasteiger partial charge is 0.253 e. The van der Waals surface area contributed by atoms with Gasteiger partial charge in [-0.1, -0.05) is 121 Å². The number of aromatic amines is 8. The van der Waals surface area contributed by atoms with Crippen molar-refractivity contribution in [2.24, 2.45) is 0 Å². The Morgan fingerprint density at radius 3 is 1.36 bits per heavy atom. The molecule has 20 heterocycles. The molecule has 0 radical (unpaired) electrons. The average Bonchev–Trinajstić information content (AvgIpc) is 1.63. The summed E-state index contributed by atoms with van der Waals surface area (Å²) in [6.07, 6.45) is 27.6. The van der Waals surface area contributed by atoms with E-state index in [0.29, 0.717) is 59.9 Å². The number of H-pyrrole nitrogens is 8. The summed E-state index contributed by atoms with van der Waals surface area (Å²) in [6, 6.07) is 73.4. The zero-order chi connectivity index (χ0) is 90.8. The van der Waals surface area contributed by atoms with E-state index in [1.54, 1.807) is 37.2 Å². The van der Waals surface area contributed by atoms with Crippen LogP contribution in [0.3, 0.4) is 0 Å². The van der Waals surface area contributed by atoms with Gasteiger partial charge in [-0.2, -0.15) is 20.4 Å². The summed E-state index contributed by atoms with van der Waals surface area (Å²) in [7, 11) is 0. The number of benzene rings is 8. The molecule has 1 aliphatic carbocycles. The Morgan fingerprint density at radius 2 is 0.759 bits per heavy atom. The molecular weight excluding hydrogens is 1710 g/mol. The van der Waals surface area contributed by atoms with Gasteiger partial charge in [0.25, 0.3) is 5.91 Å². The largest absolute Gasteiger partial charge is 0.492 e. The second-order valence-electron chi connectivity index (χ2n) is 35.2. The van der Waals surface area contributed by atoms with Crippen LogP contribution in [0.4, 0.5) is 0 Å². The van der Waals surface area contributed by atoms with Crippen molar-refractivity contribution in [2.75, 3.05) is 19.8 Å². The van der Waals surface area contributed by atoms with E-state index >= 15 is 0 Å². The lowest BCUT2D eigenvalue weighted by atomic mass is 9.90. The summed E-state index contributed by atoms with van der Waals surface area (Å²) in [5, 5.41) is 40.3. The number of rotatable bonds is 0. The number of pyridine rings is 7. The molecule has 15 aromatic heterocycles. The van der Waals surface area contributed by atoms with Crippen LogP contribution in [0.2, 0.25) is 0 Å². The summed E-state index contributed by atoms with van der Waals surface area (Å²) in [4.78, 5) is 78.6. The van der Waals surface area contributed by atoms with E-state index in [1.807, 2.05) is 91.5 Å². The van der Waals surface area contributed by atoms with Gasteiger partial charge >= 0.3 is 0 Å². The minimum absolute atomic E-state index is 0.0701. The summed E-state index contributed by atoms with van der Waals surface area (Å²) in [6.45, 7) is 2.63. The molecule has 0 unspecified atom stereocenters. The predicted octanol–water partition coefficient (Wildman–Crippen LogP) is 21.0. The maximum atomic E-state index is 13.2. The van der Waals surface area contributed by atoms with Crippen molar-refractivity contribution in [3.8, 4) is 141 Å². The van der Waals surface area contributed by atoms with Gasteiger partial charge in [-0.25, -0.2) is 29.9 Å². The van der Waals surface area contributed by atoms with Crippen molar-refractivity contribution >= 4 is 93.9 Å². The first-order chi connectivity index (χ1) is 67.7. The number of hydrogen-bond acceptors (Lipinski definition) is 20. The first-order valence-corrected chi connectivity index (χ1v) is 46.2. The van der Waals surface area contributed by atoms with E-state index in [9.17, 15) is 4.79 Å². The molecule has 137 heavy (non-hydrogen) atoms. The van der Waals surface area contributed by atoms with Crippen molar-refractivity contribution < 1.29 is 19.0 Å². The number of amides is 1. The molecule has 666 valence electrons. The fourth-order valence-corrected chi connectivity index (χ4v) is 19.3. The van der Waals surface area contributed by atoms with Gasteiger partial charge in [0, 0.05) is 111 Å². The number of nitrogens with zero attached hydrogens (tertiary/aromatic N) is 15. The number of nitrogens with one attached hydrogen (secondary N) is 10. The number of imidazole rings is 4. The minimum Gasteiger partial charge on any atom is -0.492 e. The Morgan fingerprint density at radius 1 is 0.299 bits per heavy atom. The van der Waals surface area contributed by atoms with Crippen molar-refractivity contribution in [3.63, 3.8) is 0 Å². The van der Waals surface area contributed by atoms with Gasteiger partial charge in [0.15, 0.2) is 34.6 Å². The molecule has 0 atom stereocenters. The van der Waals surface area contributed by atoms with Crippen LogP contribution in [0.5, 0.6) is 17.2 Å². The monoisotopic (exact) mass is 1800 g/mol. The summed E-state index contributed by atoms with van der Waals surface area (Å²) < 4.78 is 18.1. The SMILES string of the molecule is O=C1NC2CCC(CC2)NCc2cncc(c2)-c2ccc3[nH]nc(c3c2)-c2nc3c1cccc3[nH]2.c1cc2cc(c1)-c1cccc3[nH]c(nc13)-c1[nH]nc3ncc(cc13)-c1cncc(c1)OCCC2.c1cc2cc(c1)-c1cccc3[nH]c(nc13)-c1n[nH]c3ccc(nc13)-c1cncc(c1)OCCC2.c1cc2cc(c1)-c1cccc3[nH]c(nc13)-c1n[nH]c3cnc(cc13)-c1cncc(c1)OCCC2. The zero-order valence-electron chi connectivity index (χ0n) is 73.9. The van der Waals surface area contributed by atoms with Gasteiger partial charge in [-0.3, -0.25) is 50.1 Å². The average molecular weight is 1800 g/mol. The molecule has 1 fully saturated rings. The van der Waals surface area contributed by atoms with Crippen molar-refractivity contribution in [1.29, 1.82) is 0 Å². The zero-order valence-corrected chi connectivity index (χ0v) is 73.9. The lowest BCUT2D eigenvalue weighted by Crippen LogP contribution is -2.42. The van der Waals surface area contributed by atoms with E-state index in [1.165, 1.54) is 16.7 Å². The van der Waals surface area contributed by atoms with E-state index < -0.39 is 0 Å². The molecule has 10 N–H and O–H groups in total. The lowest BCUT2D eigenvalue weighted by molar-refractivity contribution is 0.0925. The Bertz CT molecular complexity index is 8000. The minimum atomic E-state index is -0.0701. The summed E-state index contributed by atoms with van der Waals surface area (Å²) in [5.41, 5.74) is 33.9. The quantitative estimate of drug-likeness (QED) is 0.0674. The van der Waals surface area contributed by atoms with Gasteiger partial charge in [0.05, 0.1) is 122 Å². The Labute approximate surface area is 780 Å². The third-order valence-corrected chi connectivity index (χ3v) is 26.2. The molecule has 29 heteroatoms. The van der Waals surface area contributed by atoms with Crippen LogP contribution in [0.15, 0.2) is 274 Å². The van der Waals surface area contributed by atoms with Crippen molar-refractivity contribution in [3.05, 3.63) is 302 Å². The number of fused-ring (bicyclic) bond motifs is 31. The molecule has 23 aromatic rings. The Hall–Kier alpha value is -17.6. The van der Waals surface area contributed by atoms with E-state index in [-0.39, 0.29) is 11.9 Å². The van der Waals surface area contributed by atoms with Crippen LogP contribution in [0.25, 0.3) is 212 Å². The third-order valence-electron chi connectivity index (χ3n) is 26.2. The molecule has 8 aromatic carbocycles. The van der Waals surface area contributed by atoms with Crippen molar-refractivity contribution in [2.45, 2.75) is 82.8 Å². The van der Waals surface area contributed by atoms with Crippen LogP contribution < -0.4 is 24.8 Å². The topological polar surface area (TPSA) is 388 Å². The number of carbonyl (C=O) groups is 1. The van der Waals surface area contributed by atoms with Gasteiger partial charge in [0.2, 0.25) is 0 Å². The molecular formula is C108H85N25O4. The molecule has 5 aliphatic heterocycles. The maximum Gasteiger partial charge on any atom is 0.253 e. The number of hydrogen-bond donors (Lipinski definition) is 10. The molecule has 29 rings (SSSR count). The molecule has 6 aliphatic rings. The maximum absolute atomic E-state index is 13.2. The Kier molecular flexibility index (Phi) is 20.7. The summed E-state index contributed by atoms with van der Waals surface area (Å²) in [5.74, 6) is 4.94. The second kappa shape index (κ2) is 34.8. The fourth-order valence-electron chi connectivity index (χ4n) is 19.3. The van der Waals surface area contributed by atoms with Crippen molar-refractivity contribution in [1.82, 2.24) is 126 Å². The van der Waals surface area contributed by atoms with E-state index in [4.69, 9.17) is 39.1 Å². The lowest BCUT2D eigenvalue weighted by Gasteiger charge is -2.30. The number of para-hydroxylation sites is 4. The second-order valence-corrected chi connectivity index (χ2v) is 35.2. The number of ether oxygens (including phenoxy) is 3. The van der Waals surface area contributed by atoms with Gasteiger partial charge < -0.3 is 44.8 Å². The molecule has 32 bridgehead atoms. The Balaban J connectivity index is 0.0000000970. The van der Waals surface area contributed by atoms with Crippen LogP contribution in [-0.2, 0) is 25.8 Å². The molecule has 0 saturated heterocycles. The number of aromatic nitrogens is 23. The highest BCUT2D eigenvalue weighted by Crippen LogP contribution is 2.41. The first kappa shape index (κ1) is 81.4. The van der Waals surface area contributed by atoms with Gasteiger partial charge in [-0.15, -0.1) is 0 Å². The number of carbonyl (C=O) groups excluding carboxylic acids is 1. The van der Waals surface area contributed by atoms with E-state index in [2.05, 4.69) is 247 Å². The molecule has 1 amide bonds. The third kappa shape index (κ3) is 16.0. The van der Waals surface area contributed by atoms with Crippen LogP contribution in [0, 0.1) is 0 Å². The van der Waals surface area contributed by atoms with Crippen LogP contribution >= 0.6 is 0 Å². The molecule has 29 nitrogen and oxygen atoms in total. The van der Waals surface area contributed by atoms with Crippen LogP contribution in [-0.4, -0.2) is 153 Å². The summed E-state index contributed by atoms with van der Waals surface area (Å²) >= 11 is 0.